The lowest BCUT2D eigenvalue weighted by Gasteiger charge is -2.31. The molecule has 3 aromatic carbocycles. The predicted molar refractivity (Wildman–Crippen MR) is 128 cm³/mol. The second-order valence-electron chi connectivity index (χ2n) is 7.99. The van der Waals surface area contributed by atoms with E-state index >= 15 is 0 Å². The van der Waals surface area contributed by atoms with Crippen molar-refractivity contribution in [1.29, 1.82) is 0 Å². The fourth-order valence-corrected chi connectivity index (χ4v) is 4.98. The standard InChI is InChI=1S/C25H27N3O4S/c1-27-14-16-28(17-15-27)33(30,31)24-12-10-22(11-13-24)26-25(29)21-8-5-9-23(18-21)32-19-20-6-3-2-4-7-20/h2-13,18H,14-17,19H2,1H3,(H,26,29). The van der Waals surface area contributed by atoms with Gasteiger partial charge < -0.3 is 15.0 Å². The molecule has 0 unspecified atom stereocenters. The molecule has 0 atom stereocenters. The highest BCUT2D eigenvalue weighted by molar-refractivity contribution is 7.89. The van der Waals surface area contributed by atoms with E-state index in [1.807, 2.05) is 37.4 Å². The second-order valence-corrected chi connectivity index (χ2v) is 9.93. The molecule has 1 fully saturated rings. The number of benzene rings is 3. The third kappa shape index (κ3) is 5.78. The maximum Gasteiger partial charge on any atom is 0.255 e. The third-order valence-electron chi connectivity index (χ3n) is 5.56. The number of hydrogen-bond donors (Lipinski definition) is 1. The van der Waals surface area contributed by atoms with Crippen LogP contribution in [0.2, 0.25) is 0 Å². The first-order chi connectivity index (χ1) is 15.9. The Balaban J connectivity index is 1.38. The number of sulfonamides is 1. The SMILES string of the molecule is CN1CCN(S(=O)(=O)c2ccc(NC(=O)c3cccc(OCc4ccccc4)c3)cc2)CC1. The molecule has 3 aromatic rings. The molecule has 0 spiro atoms. The average Bonchev–Trinajstić information content (AvgIpc) is 2.84. The molecule has 7 nitrogen and oxygen atoms in total. The van der Waals surface area contributed by atoms with Gasteiger partial charge in [-0.2, -0.15) is 4.31 Å². The zero-order valence-corrected chi connectivity index (χ0v) is 19.3. The second kappa shape index (κ2) is 10.2. The van der Waals surface area contributed by atoms with Crippen molar-refractivity contribution in [2.75, 3.05) is 38.5 Å². The smallest absolute Gasteiger partial charge is 0.255 e. The van der Waals surface area contributed by atoms with Crippen LogP contribution in [-0.4, -0.2) is 56.8 Å². The number of piperazine rings is 1. The summed E-state index contributed by atoms with van der Waals surface area (Å²) < 4.78 is 33.0. The number of amides is 1. The van der Waals surface area contributed by atoms with Crippen molar-refractivity contribution < 1.29 is 17.9 Å². The molecule has 0 radical (unpaired) electrons. The largest absolute Gasteiger partial charge is 0.489 e. The zero-order chi connectivity index (χ0) is 23.3. The number of ether oxygens (including phenoxy) is 1. The minimum absolute atomic E-state index is 0.223. The number of nitrogens with zero attached hydrogens (tertiary/aromatic N) is 2. The summed E-state index contributed by atoms with van der Waals surface area (Å²) in [6.07, 6.45) is 0. The van der Waals surface area contributed by atoms with Gasteiger partial charge in [0.2, 0.25) is 10.0 Å². The van der Waals surface area contributed by atoms with Crippen molar-refractivity contribution >= 4 is 21.6 Å². The summed E-state index contributed by atoms with van der Waals surface area (Å²) in [7, 11) is -1.56. The van der Waals surface area contributed by atoms with Crippen molar-refractivity contribution in [2.45, 2.75) is 11.5 Å². The van der Waals surface area contributed by atoms with E-state index < -0.39 is 10.0 Å². The van der Waals surface area contributed by atoms with E-state index in [0.717, 1.165) is 5.56 Å². The van der Waals surface area contributed by atoms with E-state index in [4.69, 9.17) is 4.74 Å². The van der Waals surface area contributed by atoms with Gasteiger partial charge in [0.1, 0.15) is 12.4 Å². The van der Waals surface area contributed by atoms with Crippen LogP contribution in [0.25, 0.3) is 0 Å². The Bertz CT molecular complexity index is 1190. The molecule has 1 amide bonds. The van der Waals surface area contributed by atoms with Crippen LogP contribution in [0.15, 0.2) is 83.8 Å². The van der Waals surface area contributed by atoms with Gasteiger partial charge in [-0.25, -0.2) is 8.42 Å². The first kappa shape index (κ1) is 23.0. The summed E-state index contributed by atoms with van der Waals surface area (Å²) >= 11 is 0. The molecule has 1 aliphatic rings. The summed E-state index contributed by atoms with van der Waals surface area (Å²) in [5, 5.41) is 2.81. The highest BCUT2D eigenvalue weighted by Gasteiger charge is 2.27. The zero-order valence-electron chi connectivity index (χ0n) is 18.5. The van der Waals surface area contributed by atoms with Crippen molar-refractivity contribution in [3.63, 3.8) is 0 Å². The van der Waals surface area contributed by atoms with E-state index in [9.17, 15) is 13.2 Å². The minimum atomic E-state index is -3.54. The molecule has 172 valence electrons. The van der Waals surface area contributed by atoms with Crippen LogP contribution >= 0.6 is 0 Å². The molecule has 0 aliphatic carbocycles. The fraction of sp³-hybridized carbons (Fsp3) is 0.240. The lowest BCUT2D eigenvalue weighted by molar-refractivity contribution is 0.102. The summed E-state index contributed by atoms with van der Waals surface area (Å²) in [5.74, 6) is 0.301. The van der Waals surface area contributed by atoms with Gasteiger partial charge in [-0.3, -0.25) is 4.79 Å². The van der Waals surface area contributed by atoms with Crippen LogP contribution in [0.5, 0.6) is 5.75 Å². The van der Waals surface area contributed by atoms with Crippen molar-refractivity contribution in [1.82, 2.24) is 9.21 Å². The maximum absolute atomic E-state index is 12.9. The molecule has 0 aromatic heterocycles. The molecule has 1 N–H and O–H groups in total. The lowest BCUT2D eigenvalue weighted by atomic mass is 10.2. The topological polar surface area (TPSA) is 79.0 Å². The van der Waals surface area contributed by atoms with E-state index in [1.165, 1.54) is 16.4 Å². The van der Waals surface area contributed by atoms with Gasteiger partial charge in [-0.1, -0.05) is 36.4 Å². The van der Waals surface area contributed by atoms with Gasteiger partial charge >= 0.3 is 0 Å². The molecule has 8 heteroatoms. The number of likely N-dealkylation sites (N-methyl/N-ethyl adjacent to an activating group) is 1. The number of hydrogen-bond acceptors (Lipinski definition) is 5. The Morgan fingerprint density at radius 1 is 0.909 bits per heavy atom. The summed E-state index contributed by atoms with van der Waals surface area (Å²) in [5.41, 5.74) is 2.02. The average molecular weight is 466 g/mol. The molecule has 0 bridgehead atoms. The van der Waals surface area contributed by atoms with E-state index in [-0.39, 0.29) is 10.8 Å². The molecular weight excluding hydrogens is 438 g/mol. The maximum atomic E-state index is 12.9. The van der Waals surface area contributed by atoms with Gasteiger partial charge in [0.15, 0.2) is 0 Å². The molecule has 1 saturated heterocycles. The van der Waals surface area contributed by atoms with Gasteiger partial charge in [-0.15, -0.1) is 0 Å². The van der Waals surface area contributed by atoms with Crippen LogP contribution in [0.1, 0.15) is 15.9 Å². The van der Waals surface area contributed by atoms with Crippen molar-refractivity contribution in [3.8, 4) is 5.75 Å². The van der Waals surface area contributed by atoms with E-state index in [2.05, 4.69) is 10.2 Å². The Hall–Kier alpha value is -3.20. The summed E-state index contributed by atoms with van der Waals surface area (Å²) in [6, 6.07) is 23.0. The Kier molecular flexibility index (Phi) is 7.08. The van der Waals surface area contributed by atoms with Gasteiger partial charge in [-0.05, 0) is 55.1 Å². The predicted octanol–water partition coefficient (Wildman–Crippen LogP) is 3.45. The number of anilines is 1. The van der Waals surface area contributed by atoms with Gasteiger partial charge in [0, 0.05) is 37.4 Å². The van der Waals surface area contributed by atoms with Crippen LogP contribution < -0.4 is 10.1 Å². The van der Waals surface area contributed by atoms with Gasteiger partial charge in [0.05, 0.1) is 4.90 Å². The van der Waals surface area contributed by atoms with E-state index in [1.54, 1.807) is 36.4 Å². The van der Waals surface area contributed by atoms with Crippen molar-refractivity contribution in [2.24, 2.45) is 0 Å². The molecular formula is C25H27N3O4S. The Morgan fingerprint density at radius 3 is 2.30 bits per heavy atom. The third-order valence-corrected chi connectivity index (χ3v) is 7.47. The summed E-state index contributed by atoms with van der Waals surface area (Å²) in [6.45, 7) is 2.78. The summed E-state index contributed by atoms with van der Waals surface area (Å²) in [4.78, 5) is 15.0. The first-order valence-corrected chi connectivity index (χ1v) is 12.2. The highest BCUT2D eigenvalue weighted by atomic mass is 32.2. The van der Waals surface area contributed by atoms with Crippen LogP contribution in [0.4, 0.5) is 5.69 Å². The van der Waals surface area contributed by atoms with E-state index in [0.29, 0.717) is 49.8 Å². The Morgan fingerprint density at radius 2 is 1.61 bits per heavy atom. The normalized spacial score (nSPS) is 15.2. The number of carbonyl (C=O) groups excluding carboxylic acids is 1. The lowest BCUT2D eigenvalue weighted by Crippen LogP contribution is -2.46. The van der Waals surface area contributed by atoms with Gasteiger partial charge in [0.25, 0.3) is 5.91 Å². The fourth-order valence-electron chi connectivity index (χ4n) is 3.56. The number of carbonyl (C=O) groups is 1. The number of rotatable bonds is 7. The number of nitrogens with one attached hydrogen (secondary N) is 1. The molecule has 1 heterocycles. The van der Waals surface area contributed by atoms with Crippen LogP contribution in [-0.2, 0) is 16.6 Å². The molecule has 0 saturated carbocycles. The highest BCUT2D eigenvalue weighted by Crippen LogP contribution is 2.21. The quantitative estimate of drug-likeness (QED) is 0.578. The molecule has 1 aliphatic heterocycles. The Labute approximate surface area is 194 Å². The van der Waals surface area contributed by atoms with Crippen LogP contribution in [0, 0.1) is 0 Å². The van der Waals surface area contributed by atoms with Crippen LogP contribution in [0.3, 0.4) is 0 Å². The van der Waals surface area contributed by atoms with Crippen molar-refractivity contribution in [3.05, 3.63) is 90.0 Å². The first-order valence-electron chi connectivity index (χ1n) is 10.8. The monoisotopic (exact) mass is 465 g/mol. The minimum Gasteiger partial charge on any atom is -0.489 e. The molecule has 33 heavy (non-hydrogen) atoms. The molecule has 4 rings (SSSR count).